The van der Waals surface area contributed by atoms with Crippen molar-refractivity contribution >= 4 is 29.1 Å². The minimum Gasteiger partial charge on any atom is -0.491 e. The zero-order valence-electron chi connectivity index (χ0n) is 14.5. The third-order valence-corrected chi connectivity index (χ3v) is 4.39. The Bertz CT molecular complexity index is 674. The van der Waals surface area contributed by atoms with Crippen molar-refractivity contribution in [3.63, 3.8) is 0 Å². The normalized spacial score (nSPS) is 15.0. The number of benzene rings is 1. The zero-order valence-corrected chi connectivity index (χ0v) is 15.4. The molecule has 0 bridgehead atoms. The quantitative estimate of drug-likeness (QED) is 0.556. The lowest BCUT2D eigenvalue weighted by molar-refractivity contribution is -0.135. The summed E-state index contributed by atoms with van der Waals surface area (Å²) >= 11 is 1.42. The number of rotatable bonds is 7. The molecule has 0 unspecified atom stereocenters. The van der Waals surface area contributed by atoms with Crippen LogP contribution in [0.25, 0.3) is 5.57 Å². The number of ether oxygens (including phenoxy) is 1. The summed E-state index contributed by atoms with van der Waals surface area (Å²) in [4.78, 5) is 27.1. The van der Waals surface area contributed by atoms with Crippen LogP contribution in [0, 0.1) is 0 Å². The van der Waals surface area contributed by atoms with Gasteiger partial charge in [0.2, 0.25) is 0 Å². The summed E-state index contributed by atoms with van der Waals surface area (Å²) in [7, 11) is 0. The first kappa shape index (κ1) is 18.3. The zero-order chi connectivity index (χ0) is 17.9. The minimum atomic E-state index is -0.263. The van der Waals surface area contributed by atoms with Crippen molar-refractivity contribution in [1.82, 2.24) is 4.90 Å². The van der Waals surface area contributed by atoms with Crippen LogP contribution in [0.1, 0.15) is 33.3 Å². The van der Waals surface area contributed by atoms with Gasteiger partial charge in [0, 0.05) is 11.8 Å². The van der Waals surface area contributed by atoms with Gasteiger partial charge in [-0.1, -0.05) is 32.1 Å². The maximum atomic E-state index is 12.7. The first-order valence-corrected chi connectivity index (χ1v) is 8.88. The van der Waals surface area contributed by atoms with Gasteiger partial charge in [0.1, 0.15) is 5.75 Å². The molecule has 0 N–H and O–H groups in total. The predicted molar refractivity (Wildman–Crippen MR) is 98.8 cm³/mol. The molecule has 1 aromatic carbocycles. The summed E-state index contributed by atoms with van der Waals surface area (Å²) in [5, 5.41) is 0.207. The molecule has 1 aromatic rings. The SMILES string of the molecule is C=CCN1C(=O)C(SC(C)C)=C(c2ccc(OC(C)C)cc2)C1=O. The van der Waals surface area contributed by atoms with Crippen LogP contribution in [0.15, 0.2) is 41.8 Å². The largest absolute Gasteiger partial charge is 0.491 e. The molecule has 2 amide bonds. The molecule has 0 fully saturated rings. The maximum Gasteiger partial charge on any atom is 0.268 e. The summed E-state index contributed by atoms with van der Waals surface area (Å²) in [5.74, 6) is 0.240. The third-order valence-electron chi connectivity index (χ3n) is 3.31. The predicted octanol–water partition coefficient (Wildman–Crippen LogP) is 3.88. The molecule has 0 spiro atoms. The Morgan fingerprint density at radius 1 is 1.12 bits per heavy atom. The molecule has 1 heterocycles. The number of imide groups is 1. The van der Waals surface area contributed by atoms with E-state index in [1.54, 1.807) is 6.08 Å². The highest BCUT2D eigenvalue weighted by atomic mass is 32.2. The molecule has 0 aromatic heterocycles. The van der Waals surface area contributed by atoms with E-state index in [0.29, 0.717) is 10.5 Å². The Labute approximate surface area is 147 Å². The van der Waals surface area contributed by atoms with Gasteiger partial charge in [-0.2, -0.15) is 0 Å². The van der Waals surface area contributed by atoms with Crippen LogP contribution >= 0.6 is 11.8 Å². The Balaban J connectivity index is 2.41. The molecule has 0 aliphatic carbocycles. The first-order chi connectivity index (χ1) is 11.3. The van der Waals surface area contributed by atoms with Crippen molar-refractivity contribution in [1.29, 1.82) is 0 Å². The topological polar surface area (TPSA) is 46.6 Å². The Hall–Kier alpha value is -2.01. The molecule has 1 aliphatic heterocycles. The van der Waals surface area contributed by atoms with Gasteiger partial charge >= 0.3 is 0 Å². The molecule has 128 valence electrons. The maximum absolute atomic E-state index is 12.7. The average molecular weight is 345 g/mol. The fraction of sp³-hybridized carbons (Fsp3) is 0.368. The number of hydrogen-bond donors (Lipinski definition) is 0. The number of carbonyl (C=O) groups is 2. The van der Waals surface area contributed by atoms with Gasteiger partial charge in [-0.25, -0.2) is 0 Å². The van der Waals surface area contributed by atoms with Crippen LogP contribution in [0.5, 0.6) is 5.75 Å². The summed E-state index contributed by atoms with van der Waals surface area (Å²) in [6, 6.07) is 7.31. The molecular formula is C19H23NO3S. The minimum absolute atomic E-state index is 0.0832. The van der Waals surface area contributed by atoms with Gasteiger partial charge in [0.15, 0.2) is 0 Å². The van der Waals surface area contributed by atoms with Gasteiger partial charge in [-0.3, -0.25) is 14.5 Å². The lowest BCUT2D eigenvalue weighted by Crippen LogP contribution is -2.31. The van der Waals surface area contributed by atoms with E-state index in [4.69, 9.17) is 4.74 Å². The van der Waals surface area contributed by atoms with Gasteiger partial charge in [0.25, 0.3) is 11.8 Å². The first-order valence-electron chi connectivity index (χ1n) is 8.00. The van der Waals surface area contributed by atoms with Crippen LogP contribution in [-0.2, 0) is 9.59 Å². The molecular weight excluding hydrogens is 322 g/mol. The second kappa shape index (κ2) is 7.71. The number of nitrogens with zero attached hydrogens (tertiary/aromatic N) is 1. The molecule has 0 saturated carbocycles. The van der Waals surface area contributed by atoms with Crippen molar-refractivity contribution in [2.24, 2.45) is 0 Å². The molecule has 0 radical (unpaired) electrons. The van der Waals surface area contributed by atoms with Crippen molar-refractivity contribution in [3.8, 4) is 5.75 Å². The van der Waals surface area contributed by atoms with Gasteiger partial charge in [-0.05, 0) is 31.5 Å². The number of amides is 2. The van der Waals surface area contributed by atoms with E-state index in [1.165, 1.54) is 16.7 Å². The molecule has 1 aliphatic rings. The van der Waals surface area contributed by atoms with E-state index in [0.717, 1.165) is 11.3 Å². The molecule has 4 nitrogen and oxygen atoms in total. The van der Waals surface area contributed by atoms with E-state index < -0.39 is 0 Å². The van der Waals surface area contributed by atoms with Gasteiger partial charge in [-0.15, -0.1) is 18.3 Å². The van der Waals surface area contributed by atoms with E-state index in [9.17, 15) is 9.59 Å². The lowest BCUT2D eigenvalue weighted by Gasteiger charge is -2.12. The molecule has 0 saturated heterocycles. The van der Waals surface area contributed by atoms with E-state index >= 15 is 0 Å². The van der Waals surface area contributed by atoms with Crippen LogP contribution in [-0.4, -0.2) is 34.6 Å². The third kappa shape index (κ3) is 3.90. The Kier molecular flexibility index (Phi) is 5.89. The second-order valence-electron chi connectivity index (χ2n) is 6.07. The van der Waals surface area contributed by atoms with Crippen LogP contribution in [0.3, 0.4) is 0 Å². The van der Waals surface area contributed by atoms with E-state index in [1.807, 2.05) is 52.0 Å². The van der Waals surface area contributed by atoms with Crippen LogP contribution in [0.2, 0.25) is 0 Å². The Morgan fingerprint density at radius 2 is 1.75 bits per heavy atom. The smallest absolute Gasteiger partial charge is 0.268 e. The molecule has 2 rings (SSSR count). The monoisotopic (exact) mass is 345 g/mol. The lowest BCUT2D eigenvalue weighted by atomic mass is 10.1. The fourth-order valence-electron chi connectivity index (χ4n) is 2.42. The summed E-state index contributed by atoms with van der Waals surface area (Å²) in [6.45, 7) is 11.8. The van der Waals surface area contributed by atoms with E-state index in [-0.39, 0.29) is 29.7 Å². The van der Waals surface area contributed by atoms with E-state index in [2.05, 4.69) is 6.58 Å². The summed E-state index contributed by atoms with van der Waals surface area (Å²) in [5.41, 5.74) is 1.20. The van der Waals surface area contributed by atoms with Crippen LogP contribution in [0.4, 0.5) is 0 Å². The van der Waals surface area contributed by atoms with Crippen molar-refractivity contribution in [3.05, 3.63) is 47.4 Å². The molecule has 0 atom stereocenters. The second-order valence-corrected chi connectivity index (χ2v) is 7.66. The van der Waals surface area contributed by atoms with Crippen molar-refractivity contribution < 1.29 is 14.3 Å². The summed E-state index contributed by atoms with van der Waals surface area (Å²) in [6.07, 6.45) is 1.65. The number of hydrogen-bond acceptors (Lipinski definition) is 4. The van der Waals surface area contributed by atoms with Crippen LogP contribution < -0.4 is 4.74 Å². The highest BCUT2D eigenvalue weighted by Gasteiger charge is 2.38. The Morgan fingerprint density at radius 3 is 2.25 bits per heavy atom. The molecule has 24 heavy (non-hydrogen) atoms. The van der Waals surface area contributed by atoms with Crippen molar-refractivity contribution in [2.75, 3.05) is 6.54 Å². The van der Waals surface area contributed by atoms with Crippen molar-refractivity contribution in [2.45, 2.75) is 39.0 Å². The average Bonchev–Trinajstić information content (AvgIpc) is 2.72. The molecule has 5 heteroatoms. The van der Waals surface area contributed by atoms with Gasteiger partial charge in [0.05, 0.1) is 16.6 Å². The highest BCUT2D eigenvalue weighted by molar-refractivity contribution is 8.04. The fourth-order valence-corrected chi connectivity index (χ4v) is 3.43. The number of thioether (sulfide) groups is 1. The number of carbonyl (C=O) groups excluding carboxylic acids is 2. The van der Waals surface area contributed by atoms with Gasteiger partial charge < -0.3 is 4.74 Å². The highest BCUT2D eigenvalue weighted by Crippen LogP contribution is 2.38. The summed E-state index contributed by atoms with van der Waals surface area (Å²) < 4.78 is 5.63. The standard InChI is InChI=1S/C19H23NO3S/c1-6-11-20-18(21)16(17(19(20)22)24-13(4)5)14-7-9-15(10-8-14)23-12(2)3/h6-10,12-13H,1,11H2,2-5H3.